The summed E-state index contributed by atoms with van der Waals surface area (Å²) in [5, 5.41) is 4.03. The summed E-state index contributed by atoms with van der Waals surface area (Å²) in [5.74, 6) is 1.02. The van der Waals surface area contributed by atoms with E-state index in [2.05, 4.69) is 5.32 Å². The molecule has 206 valence electrons. The van der Waals surface area contributed by atoms with E-state index in [0.717, 1.165) is 16.7 Å². The van der Waals surface area contributed by atoms with E-state index in [4.69, 9.17) is 32.7 Å². The lowest BCUT2D eigenvalue weighted by Gasteiger charge is -2.34. The molecule has 2 amide bonds. The maximum Gasteiger partial charge on any atom is 0.243 e. The van der Waals surface area contributed by atoms with Crippen LogP contribution in [-0.2, 0) is 29.0 Å². The number of hydrogen-bond acceptors (Lipinski definition) is 4. The highest BCUT2D eigenvalue weighted by atomic mass is 35.5. The quantitative estimate of drug-likeness (QED) is 0.331. The molecule has 1 heterocycles. The molecule has 0 radical (unpaired) electrons. The van der Waals surface area contributed by atoms with Gasteiger partial charge in [0.1, 0.15) is 19.3 Å². The Morgan fingerprint density at radius 3 is 2.33 bits per heavy atom. The van der Waals surface area contributed by atoms with Crippen LogP contribution in [0.1, 0.15) is 43.9 Å². The Morgan fingerprint density at radius 2 is 1.64 bits per heavy atom. The number of aryl methyl sites for hydroxylation is 1. The molecule has 0 fully saturated rings. The van der Waals surface area contributed by atoms with E-state index in [1.807, 2.05) is 69.3 Å². The summed E-state index contributed by atoms with van der Waals surface area (Å²) in [6, 6.07) is 19.9. The summed E-state index contributed by atoms with van der Waals surface area (Å²) >= 11 is 12.6. The highest BCUT2D eigenvalue weighted by molar-refractivity contribution is 6.35. The molecule has 1 atom stereocenters. The zero-order valence-corrected chi connectivity index (χ0v) is 24.0. The van der Waals surface area contributed by atoms with Crippen molar-refractivity contribution in [2.75, 3.05) is 13.2 Å². The first-order valence-electron chi connectivity index (χ1n) is 13.1. The minimum Gasteiger partial charge on any atom is -0.486 e. The van der Waals surface area contributed by atoms with Gasteiger partial charge in [0.25, 0.3) is 0 Å². The summed E-state index contributed by atoms with van der Waals surface area (Å²) < 4.78 is 11.3. The Hall–Kier alpha value is -3.22. The van der Waals surface area contributed by atoms with E-state index < -0.39 is 11.6 Å². The van der Waals surface area contributed by atoms with Gasteiger partial charge in [-0.25, -0.2) is 0 Å². The van der Waals surface area contributed by atoms with Crippen LogP contribution in [0.25, 0.3) is 0 Å². The molecule has 8 heteroatoms. The van der Waals surface area contributed by atoms with Crippen molar-refractivity contribution >= 4 is 35.0 Å². The SMILES string of the molecule is CC(C)(C)NC(=O)[C@H](Cc1ccccc1)N(Cc1ccc(Cl)cc1Cl)C(=O)CCc1ccc2c(c1)OCCO2. The van der Waals surface area contributed by atoms with Gasteiger partial charge in [0.2, 0.25) is 11.8 Å². The van der Waals surface area contributed by atoms with Crippen molar-refractivity contribution in [1.82, 2.24) is 10.2 Å². The highest BCUT2D eigenvalue weighted by Gasteiger charge is 2.32. The van der Waals surface area contributed by atoms with Crippen molar-refractivity contribution < 1.29 is 19.1 Å². The number of hydrogen-bond donors (Lipinski definition) is 1. The summed E-state index contributed by atoms with van der Waals surface area (Å²) in [6.07, 6.45) is 1.06. The number of carbonyl (C=O) groups excluding carboxylic acids is 2. The molecule has 6 nitrogen and oxygen atoms in total. The van der Waals surface area contributed by atoms with Gasteiger partial charge in [-0.05, 0) is 68.1 Å². The standard InChI is InChI=1S/C31H34Cl2N2O4/c1-31(2,3)34-30(37)26(17-21-7-5-4-6-8-21)35(20-23-11-12-24(32)19-25(23)33)29(36)14-10-22-9-13-27-28(18-22)39-16-15-38-27/h4-9,11-13,18-19,26H,10,14-17,20H2,1-3H3,(H,34,37)/t26-/m0/s1. The van der Waals surface area contributed by atoms with E-state index in [0.29, 0.717) is 47.6 Å². The van der Waals surface area contributed by atoms with Crippen molar-refractivity contribution in [2.45, 2.75) is 58.2 Å². The molecule has 1 aliphatic rings. The molecule has 0 bridgehead atoms. The largest absolute Gasteiger partial charge is 0.486 e. The first-order chi connectivity index (χ1) is 18.6. The van der Waals surface area contributed by atoms with Crippen LogP contribution in [0.2, 0.25) is 10.0 Å². The Bertz CT molecular complexity index is 1310. The van der Waals surface area contributed by atoms with Gasteiger partial charge < -0.3 is 19.7 Å². The number of rotatable bonds is 9. The molecule has 1 N–H and O–H groups in total. The van der Waals surface area contributed by atoms with E-state index in [1.165, 1.54) is 0 Å². The number of amides is 2. The second-order valence-corrected chi connectivity index (χ2v) is 11.5. The average molecular weight is 570 g/mol. The molecular weight excluding hydrogens is 535 g/mol. The van der Waals surface area contributed by atoms with E-state index in [1.54, 1.807) is 23.1 Å². The smallest absolute Gasteiger partial charge is 0.243 e. The topological polar surface area (TPSA) is 67.9 Å². The molecule has 3 aromatic rings. The van der Waals surface area contributed by atoms with Gasteiger partial charge in [-0.1, -0.05) is 65.7 Å². The van der Waals surface area contributed by atoms with Gasteiger partial charge in [0.15, 0.2) is 11.5 Å². The highest BCUT2D eigenvalue weighted by Crippen LogP contribution is 2.31. The zero-order chi connectivity index (χ0) is 28.0. The third-order valence-corrected chi connectivity index (χ3v) is 6.95. The van der Waals surface area contributed by atoms with Gasteiger partial charge >= 0.3 is 0 Å². The molecule has 0 saturated carbocycles. The van der Waals surface area contributed by atoms with Gasteiger partial charge in [-0.2, -0.15) is 0 Å². The van der Waals surface area contributed by atoms with Gasteiger partial charge in [0.05, 0.1) is 0 Å². The third-order valence-electron chi connectivity index (χ3n) is 6.36. The molecule has 0 saturated heterocycles. The molecule has 0 aromatic heterocycles. The predicted octanol–water partition coefficient (Wildman–Crippen LogP) is 6.25. The van der Waals surface area contributed by atoms with Crippen LogP contribution in [0, 0.1) is 0 Å². The van der Waals surface area contributed by atoms with Crippen molar-refractivity contribution in [3.05, 3.63) is 93.5 Å². The number of nitrogens with one attached hydrogen (secondary N) is 1. The Balaban J connectivity index is 1.63. The second kappa shape index (κ2) is 12.8. The first kappa shape index (κ1) is 28.8. The molecule has 3 aromatic carbocycles. The first-order valence-corrected chi connectivity index (χ1v) is 13.8. The van der Waals surface area contributed by atoms with Gasteiger partial charge in [-0.3, -0.25) is 9.59 Å². The van der Waals surface area contributed by atoms with Crippen LogP contribution in [-0.4, -0.2) is 41.5 Å². The molecule has 39 heavy (non-hydrogen) atoms. The van der Waals surface area contributed by atoms with Crippen LogP contribution in [0.3, 0.4) is 0 Å². The maximum atomic E-state index is 13.9. The van der Waals surface area contributed by atoms with Crippen LogP contribution in [0.5, 0.6) is 11.5 Å². The third kappa shape index (κ3) is 8.13. The summed E-state index contributed by atoms with van der Waals surface area (Å²) in [7, 11) is 0. The zero-order valence-electron chi connectivity index (χ0n) is 22.5. The fourth-order valence-electron chi connectivity index (χ4n) is 4.48. The monoisotopic (exact) mass is 568 g/mol. The van der Waals surface area contributed by atoms with Gasteiger partial charge in [0, 0.05) is 35.0 Å². The Morgan fingerprint density at radius 1 is 0.923 bits per heavy atom. The fraction of sp³-hybridized carbons (Fsp3) is 0.355. The number of carbonyl (C=O) groups is 2. The molecule has 0 aliphatic carbocycles. The summed E-state index contributed by atoms with van der Waals surface area (Å²) in [4.78, 5) is 29.2. The van der Waals surface area contributed by atoms with Crippen LogP contribution >= 0.6 is 23.2 Å². The van der Waals surface area contributed by atoms with E-state index >= 15 is 0 Å². The minimum absolute atomic E-state index is 0.152. The minimum atomic E-state index is -0.744. The molecule has 0 unspecified atom stereocenters. The summed E-state index contributed by atoms with van der Waals surface area (Å²) in [5.41, 5.74) is 2.16. The van der Waals surface area contributed by atoms with E-state index in [9.17, 15) is 9.59 Å². The average Bonchev–Trinajstić information content (AvgIpc) is 2.90. The lowest BCUT2D eigenvalue weighted by Crippen LogP contribution is -2.54. The molecule has 4 rings (SSSR count). The summed E-state index contributed by atoms with van der Waals surface area (Å²) in [6.45, 7) is 6.96. The Labute approximate surface area is 240 Å². The lowest BCUT2D eigenvalue weighted by molar-refractivity contribution is -0.141. The van der Waals surface area contributed by atoms with Crippen molar-refractivity contribution in [2.24, 2.45) is 0 Å². The van der Waals surface area contributed by atoms with Crippen molar-refractivity contribution in [3.63, 3.8) is 0 Å². The van der Waals surface area contributed by atoms with E-state index in [-0.39, 0.29) is 24.8 Å². The fourth-order valence-corrected chi connectivity index (χ4v) is 4.95. The second-order valence-electron chi connectivity index (χ2n) is 10.7. The van der Waals surface area contributed by atoms with Gasteiger partial charge in [-0.15, -0.1) is 0 Å². The molecule has 1 aliphatic heterocycles. The normalized spacial score (nSPS) is 13.5. The van der Waals surface area contributed by atoms with Crippen molar-refractivity contribution in [1.29, 1.82) is 0 Å². The van der Waals surface area contributed by atoms with Crippen molar-refractivity contribution in [3.8, 4) is 11.5 Å². The number of nitrogens with zero attached hydrogens (tertiary/aromatic N) is 1. The lowest BCUT2D eigenvalue weighted by atomic mass is 9.99. The predicted molar refractivity (Wildman–Crippen MR) is 155 cm³/mol. The number of fused-ring (bicyclic) bond motifs is 1. The van der Waals surface area contributed by atoms with Crippen LogP contribution < -0.4 is 14.8 Å². The molecule has 0 spiro atoms. The number of ether oxygens (including phenoxy) is 2. The molecular formula is C31H34Cl2N2O4. The number of benzene rings is 3. The van der Waals surface area contributed by atoms with Crippen LogP contribution in [0.4, 0.5) is 0 Å². The maximum absolute atomic E-state index is 13.9. The Kier molecular flexibility index (Phi) is 9.41. The van der Waals surface area contributed by atoms with Crippen LogP contribution in [0.15, 0.2) is 66.7 Å². The number of halogens is 2.